The van der Waals surface area contributed by atoms with Crippen molar-refractivity contribution in [2.24, 2.45) is 11.7 Å². The van der Waals surface area contributed by atoms with Gasteiger partial charge in [0.2, 0.25) is 0 Å². The zero-order chi connectivity index (χ0) is 6.99. The minimum Gasteiger partial charge on any atom is -0.299 e. The second-order valence-corrected chi connectivity index (χ2v) is 1.59. The van der Waals surface area contributed by atoms with E-state index >= 15 is 0 Å². The van der Waals surface area contributed by atoms with Gasteiger partial charge in [-0.25, -0.2) is 0 Å². The number of carbonyl (C=O) groups is 1. The maximum atomic E-state index is 10.1. The van der Waals surface area contributed by atoms with E-state index in [0.717, 1.165) is 0 Å². The molecule has 0 aromatic rings. The molecule has 0 aliphatic heterocycles. The molecule has 0 fully saturated rings. The highest BCUT2D eigenvalue weighted by Crippen LogP contribution is 1.84. The molecule has 0 saturated carbocycles. The van der Waals surface area contributed by atoms with Gasteiger partial charge in [0.15, 0.2) is 0 Å². The lowest BCUT2D eigenvalue weighted by molar-refractivity contribution is -0.116. The van der Waals surface area contributed by atoms with Gasteiger partial charge in [0, 0.05) is 6.42 Å². The van der Waals surface area contributed by atoms with Crippen molar-refractivity contribution in [3.63, 3.8) is 0 Å². The van der Waals surface area contributed by atoms with Crippen molar-refractivity contribution in [3.8, 4) is 0 Å². The Morgan fingerprint density at radius 2 is 2.00 bits per heavy atom. The van der Waals surface area contributed by atoms with E-state index in [4.69, 9.17) is 0 Å². The summed E-state index contributed by atoms with van der Waals surface area (Å²) < 4.78 is 0. The van der Waals surface area contributed by atoms with Crippen LogP contribution in [0.1, 0.15) is 13.3 Å². The second-order valence-electron chi connectivity index (χ2n) is 1.03. The smallest absolute Gasteiger partial charge is 0.143 e. The molecule has 0 atom stereocenters. The Labute approximate surface area is 57.5 Å². The van der Waals surface area contributed by atoms with Gasteiger partial charge in [-0.2, -0.15) is 0 Å². The summed E-state index contributed by atoms with van der Waals surface area (Å²) >= 11 is 3.03. The van der Waals surface area contributed by atoms with E-state index in [9.17, 15) is 4.79 Å². The van der Waals surface area contributed by atoms with Crippen molar-refractivity contribution in [3.05, 3.63) is 0 Å². The quantitative estimate of drug-likeness (QED) is 0.364. The molecule has 0 heterocycles. The molecule has 3 nitrogen and oxygen atoms in total. The maximum absolute atomic E-state index is 10.1. The van der Waals surface area contributed by atoms with Gasteiger partial charge in [0.05, 0.1) is 5.33 Å². The third-order valence-corrected chi connectivity index (χ3v) is 1.17. The molecular formula is C4H11BrN2O. The molecule has 4 heteroatoms. The molecule has 0 aliphatic carbocycles. The summed E-state index contributed by atoms with van der Waals surface area (Å²) in [5.41, 5.74) is 0. The second kappa shape index (κ2) is 10.1. The molecule has 0 unspecified atom stereocenters. The first-order chi connectivity index (χ1) is 3.81. The first-order valence-electron chi connectivity index (χ1n) is 2.22. The molecule has 0 aromatic heterocycles. The van der Waals surface area contributed by atoms with Gasteiger partial charge in [-0.05, 0) is 0 Å². The van der Waals surface area contributed by atoms with Crippen LogP contribution >= 0.6 is 15.9 Å². The maximum Gasteiger partial charge on any atom is 0.143 e. The van der Waals surface area contributed by atoms with E-state index in [2.05, 4.69) is 27.6 Å². The van der Waals surface area contributed by atoms with Crippen molar-refractivity contribution < 1.29 is 4.79 Å². The van der Waals surface area contributed by atoms with Crippen LogP contribution in [-0.4, -0.2) is 11.1 Å². The largest absolute Gasteiger partial charge is 0.299 e. The fourth-order valence-electron chi connectivity index (χ4n) is 0.0945. The summed E-state index contributed by atoms with van der Waals surface area (Å²) in [4.78, 5) is 10.1. The SMILES string of the molecule is CCC(=O)CBr.NN. The highest BCUT2D eigenvalue weighted by molar-refractivity contribution is 9.09. The third-order valence-electron chi connectivity index (χ3n) is 0.543. The minimum absolute atomic E-state index is 0.259. The number of halogens is 1. The Kier molecular flexibility index (Phi) is 13.9. The number of hydrazine groups is 1. The molecule has 0 amide bonds. The summed E-state index contributed by atoms with van der Waals surface area (Å²) in [6, 6.07) is 0. The lowest BCUT2D eigenvalue weighted by Gasteiger charge is -1.79. The Morgan fingerprint density at radius 3 is 2.00 bits per heavy atom. The molecule has 0 rings (SSSR count). The number of alkyl halides is 1. The molecule has 4 N–H and O–H groups in total. The van der Waals surface area contributed by atoms with Crippen LogP contribution in [0, 0.1) is 0 Å². The van der Waals surface area contributed by atoms with Crippen molar-refractivity contribution >= 4 is 21.7 Å². The van der Waals surface area contributed by atoms with Crippen molar-refractivity contribution in [2.45, 2.75) is 13.3 Å². The van der Waals surface area contributed by atoms with Gasteiger partial charge < -0.3 is 0 Å². The van der Waals surface area contributed by atoms with E-state index in [0.29, 0.717) is 11.8 Å². The van der Waals surface area contributed by atoms with Gasteiger partial charge in [-0.1, -0.05) is 22.9 Å². The zero-order valence-electron chi connectivity index (χ0n) is 4.86. The molecule has 0 bridgehead atoms. The number of hydrogen-bond acceptors (Lipinski definition) is 3. The van der Waals surface area contributed by atoms with Gasteiger partial charge in [0.1, 0.15) is 5.78 Å². The Bertz CT molecular complexity index is 52.0. The molecule has 0 saturated heterocycles. The predicted octanol–water partition coefficient (Wildman–Crippen LogP) is 0.179. The average molecular weight is 183 g/mol. The number of nitrogens with two attached hydrogens (primary N) is 2. The highest BCUT2D eigenvalue weighted by Gasteiger charge is 1.88. The van der Waals surface area contributed by atoms with Gasteiger partial charge in [0.25, 0.3) is 0 Å². The Balaban J connectivity index is 0. The first-order valence-corrected chi connectivity index (χ1v) is 3.34. The molecule has 8 heavy (non-hydrogen) atoms. The average Bonchev–Trinajstić information content (AvgIpc) is 1.91. The molecule has 0 aliphatic rings. The number of Topliss-reactive ketones (excluding diaryl/α,β-unsaturated/α-hetero) is 1. The zero-order valence-corrected chi connectivity index (χ0v) is 6.44. The van der Waals surface area contributed by atoms with E-state index in [1.54, 1.807) is 0 Å². The minimum atomic E-state index is 0.259. The number of ketones is 1. The van der Waals surface area contributed by atoms with Crippen LogP contribution in [0.4, 0.5) is 0 Å². The fourth-order valence-corrected chi connectivity index (χ4v) is 0.491. The van der Waals surface area contributed by atoms with E-state index in [1.807, 2.05) is 6.92 Å². The summed E-state index contributed by atoms with van der Waals surface area (Å²) in [6.45, 7) is 1.85. The van der Waals surface area contributed by atoms with Crippen LogP contribution in [0.15, 0.2) is 0 Å². The molecule has 0 aromatic carbocycles. The van der Waals surface area contributed by atoms with E-state index in [-0.39, 0.29) is 5.78 Å². The van der Waals surface area contributed by atoms with E-state index < -0.39 is 0 Å². The predicted molar refractivity (Wildman–Crippen MR) is 37.5 cm³/mol. The van der Waals surface area contributed by atoms with Gasteiger partial charge in [-0.3, -0.25) is 16.5 Å². The molecular weight excluding hydrogens is 172 g/mol. The lowest BCUT2D eigenvalue weighted by atomic mass is 10.4. The summed E-state index contributed by atoms with van der Waals surface area (Å²) in [6.07, 6.45) is 0.644. The van der Waals surface area contributed by atoms with Crippen molar-refractivity contribution in [1.29, 1.82) is 0 Å². The van der Waals surface area contributed by atoms with Crippen LogP contribution in [0.25, 0.3) is 0 Å². The summed E-state index contributed by atoms with van der Waals surface area (Å²) in [7, 11) is 0. The topological polar surface area (TPSA) is 69.1 Å². The van der Waals surface area contributed by atoms with Gasteiger partial charge in [-0.15, -0.1) is 0 Å². The number of hydrogen-bond donors (Lipinski definition) is 2. The van der Waals surface area contributed by atoms with Crippen LogP contribution in [-0.2, 0) is 4.79 Å². The molecule has 0 spiro atoms. The summed E-state index contributed by atoms with van der Waals surface area (Å²) in [5.74, 6) is 8.26. The Morgan fingerprint density at radius 1 is 1.62 bits per heavy atom. The fraction of sp³-hybridized carbons (Fsp3) is 0.750. The normalized spacial score (nSPS) is 7.00. The van der Waals surface area contributed by atoms with Crippen LogP contribution in [0.5, 0.6) is 0 Å². The molecule has 50 valence electrons. The number of rotatable bonds is 2. The standard InChI is InChI=1S/C4H7BrO.H4N2/c1-2-4(6)3-5;1-2/h2-3H2,1H3;1-2H2. The van der Waals surface area contributed by atoms with Crippen LogP contribution < -0.4 is 11.7 Å². The highest BCUT2D eigenvalue weighted by atomic mass is 79.9. The molecule has 0 radical (unpaired) electrons. The van der Waals surface area contributed by atoms with Gasteiger partial charge >= 0.3 is 0 Å². The summed E-state index contributed by atoms with van der Waals surface area (Å²) in [5, 5.41) is 0.503. The van der Waals surface area contributed by atoms with Crippen LogP contribution in [0.3, 0.4) is 0 Å². The number of carbonyl (C=O) groups excluding carboxylic acids is 1. The van der Waals surface area contributed by atoms with Crippen LogP contribution in [0.2, 0.25) is 0 Å². The van der Waals surface area contributed by atoms with Crippen molar-refractivity contribution in [1.82, 2.24) is 0 Å². The van der Waals surface area contributed by atoms with Crippen molar-refractivity contribution in [2.75, 3.05) is 5.33 Å². The monoisotopic (exact) mass is 182 g/mol. The third kappa shape index (κ3) is 9.42. The lowest BCUT2D eigenvalue weighted by Crippen LogP contribution is -2.02. The Hall–Kier alpha value is 0.0700. The van der Waals surface area contributed by atoms with E-state index in [1.165, 1.54) is 0 Å². The first kappa shape index (κ1) is 10.9.